The van der Waals surface area contributed by atoms with Crippen molar-refractivity contribution < 1.29 is 18.3 Å². The van der Waals surface area contributed by atoms with E-state index in [2.05, 4.69) is 6.92 Å². The number of hydrogen-bond acceptors (Lipinski definition) is 1. The summed E-state index contributed by atoms with van der Waals surface area (Å²) in [5.41, 5.74) is -2.37. The summed E-state index contributed by atoms with van der Waals surface area (Å²) in [6.45, 7) is 2.10. The maximum Gasteiger partial charge on any atom is 0.417 e. The van der Waals surface area contributed by atoms with Crippen LogP contribution in [-0.2, 0) is 0 Å². The first-order valence-corrected chi connectivity index (χ1v) is 5.68. The monoisotopic (exact) mass is 224 g/mol. The van der Waals surface area contributed by atoms with E-state index in [-0.39, 0.29) is 18.8 Å². The number of halogens is 3. The molecule has 0 unspecified atom stereocenters. The van der Waals surface area contributed by atoms with Gasteiger partial charge in [-0.3, -0.25) is 0 Å². The lowest BCUT2D eigenvalue weighted by Gasteiger charge is -2.44. The highest BCUT2D eigenvalue weighted by Crippen LogP contribution is 2.50. The van der Waals surface area contributed by atoms with Crippen molar-refractivity contribution in [2.75, 3.05) is 0 Å². The molecule has 1 fully saturated rings. The van der Waals surface area contributed by atoms with Crippen LogP contribution in [-0.4, -0.2) is 16.9 Å². The molecule has 4 heteroatoms. The molecule has 0 aliphatic heterocycles. The molecule has 0 atom stereocenters. The van der Waals surface area contributed by atoms with Crippen molar-refractivity contribution in [1.82, 2.24) is 0 Å². The first kappa shape index (κ1) is 12.8. The summed E-state index contributed by atoms with van der Waals surface area (Å²) in [5.74, 6) is 0.0773. The van der Waals surface area contributed by atoms with Crippen LogP contribution >= 0.6 is 0 Å². The average molecular weight is 224 g/mol. The Hall–Kier alpha value is -0.250. The molecule has 90 valence electrons. The van der Waals surface area contributed by atoms with Gasteiger partial charge < -0.3 is 5.11 Å². The molecule has 1 saturated carbocycles. The zero-order chi connectivity index (χ0) is 11.5. The highest BCUT2D eigenvalue weighted by Gasteiger charge is 2.60. The van der Waals surface area contributed by atoms with Crippen LogP contribution in [0.1, 0.15) is 51.9 Å². The summed E-state index contributed by atoms with van der Waals surface area (Å²) in [4.78, 5) is 0. The van der Waals surface area contributed by atoms with Crippen molar-refractivity contribution in [2.24, 2.45) is 5.92 Å². The minimum atomic E-state index is -4.44. The number of hydrogen-bond donors (Lipinski definition) is 1. The topological polar surface area (TPSA) is 20.2 Å². The molecule has 1 aliphatic carbocycles. The van der Waals surface area contributed by atoms with Crippen LogP contribution in [0.4, 0.5) is 13.2 Å². The van der Waals surface area contributed by atoms with Crippen molar-refractivity contribution in [1.29, 1.82) is 0 Å². The lowest BCUT2D eigenvalue weighted by atomic mass is 9.68. The smallest absolute Gasteiger partial charge is 0.380 e. The molecule has 15 heavy (non-hydrogen) atoms. The average Bonchev–Trinajstić information content (AvgIpc) is 2.06. The molecule has 1 nitrogen and oxygen atoms in total. The van der Waals surface area contributed by atoms with E-state index in [0.29, 0.717) is 0 Å². The Morgan fingerprint density at radius 2 is 1.80 bits per heavy atom. The molecular formula is C11H19F3O. The lowest BCUT2D eigenvalue weighted by molar-refractivity contribution is -0.299. The van der Waals surface area contributed by atoms with Gasteiger partial charge in [0.05, 0.1) is 0 Å². The standard InChI is InChI=1S/C11H19F3O/c1-2-3-4-5-6-9-7-10(15,8-9)11(12,13)14/h9,15H,2-8H2,1H3/t9-,10+. The third-order valence-electron chi connectivity index (χ3n) is 3.25. The second kappa shape index (κ2) is 4.73. The molecule has 0 aromatic carbocycles. The van der Waals surface area contributed by atoms with E-state index in [4.69, 9.17) is 0 Å². The van der Waals surface area contributed by atoms with Crippen molar-refractivity contribution in [3.8, 4) is 0 Å². The zero-order valence-corrected chi connectivity index (χ0v) is 9.11. The Kier molecular flexibility index (Phi) is 4.04. The fraction of sp³-hybridized carbons (Fsp3) is 1.00. The zero-order valence-electron chi connectivity index (χ0n) is 9.11. The number of alkyl halides is 3. The normalized spacial score (nSPS) is 31.4. The molecule has 1 N–H and O–H groups in total. The highest BCUT2D eigenvalue weighted by molar-refractivity contribution is 4.99. The van der Waals surface area contributed by atoms with E-state index < -0.39 is 11.8 Å². The molecule has 0 bridgehead atoms. The van der Waals surface area contributed by atoms with Crippen LogP contribution in [0.3, 0.4) is 0 Å². The van der Waals surface area contributed by atoms with Gasteiger partial charge in [-0.1, -0.05) is 39.0 Å². The van der Waals surface area contributed by atoms with Crippen molar-refractivity contribution in [3.63, 3.8) is 0 Å². The maximum absolute atomic E-state index is 12.3. The van der Waals surface area contributed by atoms with Gasteiger partial charge in [0.2, 0.25) is 0 Å². The Morgan fingerprint density at radius 3 is 2.27 bits per heavy atom. The van der Waals surface area contributed by atoms with Crippen molar-refractivity contribution in [2.45, 2.75) is 63.6 Å². The molecule has 0 spiro atoms. The van der Waals surface area contributed by atoms with Crippen LogP contribution in [0.2, 0.25) is 0 Å². The van der Waals surface area contributed by atoms with Gasteiger partial charge in [-0.05, 0) is 18.8 Å². The maximum atomic E-state index is 12.3. The van der Waals surface area contributed by atoms with Crippen LogP contribution in [0.15, 0.2) is 0 Å². The SMILES string of the molecule is CCCCCC[C@H]1C[C@](O)(C(F)(F)F)C1. The Morgan fingerprint density at radius 1 is 1.20 bits per heavy atom. The minimum absolute atomic E-state index is 0.0773. The third-order valence-corrected chi connectivity index (χ3v) is 3.25. The van der Waals surface area contributed by atoms with E-state index in [1.54, 1.807) is 0 Å². The van der Waals surface area contributed by atoms with Crippen LogP contribution in [0, 0.1) is 5.92 Å². The molecule has 0 radical (unpaired) electrons. The molecule has 0 aromatic heterocycles. The number of rotatable bonds is 5. The predicted octanol–water partition coefficient (Wildman–Crippen LogP) is 3.66. The molecule has 1 rings (SSSR count). The van der Waals surface area contributed by atoms with Gasteiger partial charge >= 0.3 is 6.18 Å². The summed E-state index contributed by atoms with van der Waals surface area (Å²) >= 11 is 0. The summed E-state index contributed by atoms with van der Waals surface area (Å²) < 4.78 is 36.8. The molecule has 0 amide bonds. The van der Waals surface area contributed by atoms with Crippen LogP contribution < -0.4 is 0 Å². The summed E-state index contributed by atoms with van der Waals surface area (Å²) in [6.07, 6.45) is 0.577. The molecular weight excluding hydrogens is 205 g/mol. The minimum Gasteiger partial charge on any atom is -0.380 e. The number of unbranched alkanes of at least 4 members (excludes halogenated alkanes) is 3. The van der Waals surface area contributed by atoms with Gasteiger partial charge in [-0.25, -0.2) is 0 Å². The first-order chi connectivity index (χ1) is 6.89. The summed E-state index contributed by atoms with van der Waals surface area (Å²) in [5, 5.41) is 9.19. The predicted molar refractivity (Wildman–Crippen MR) is 52.5 cm³/mol. The Balaban J connectivity index is 2.15. The molecule has 1 aliphatic rings. The van der Waals surface area contributed by atoms with Crippen LogP contribution in [0.5, 0.6) is 0 Å². The lowest BCUT2D eigenvalue weighted by Crippen LogP contribution is -2.55. The third kappa shape index (κ3) is 3.10. The first-order valence-electron chi connectivity index (χ1n) is 5.68. The van der Waals surface area contributed by atoms with Crippen molar-refractivity contribution in [3.05, 3.63) is 0 Å². The van der Waals surface area contributed by atoms with Crippen molar-refractivity contribution >= 4 is 0 Å². The quantitative estimate of drug-likeness (QED) is 0.706. The summed E-state index contributed by atoms with van der Waals surface area (Å²) in [7, 11) is 0. The molecule has 0 aromatic rings. The van der Waals surface area contributed by atoms with Crippen LogP contribution in [0.25, 0.3) is 0 Å². The fourth-order valence-electron chi connectivity index (χ4n) is 2.19. The summed E-state index contributed by atoms with van der Waals surface area (Å²) in [6, 6.07) is 0. The second-order valence-electron chi connectivity index (χ2n) is 4.65. The highest BCUT2D eigenvalue weighted by atomic mass is 19.4. The van der Waals surface area contributed by atoms with E-state index in [1.807, 2.05) is 0 Å². The van der Waals surface area contributed by atoms with E-state index >= 15 is 0 Å². The van der Waals surface area contributed by atoms with E-state index in [1.165, 1.54) is 0 Å². The van der Waals surface area contributed by atoms with Gasteiger partial charge in [0, 0.05) is 0 Å². The van der Waals surface area contributed by atoms with E-state index in [0.717, 1.165) is 32.1 Å². The van der Waals surface area contributed by atoms with Gasteiger partial charge in [-0.2, -0.15) is 13.2 Å². The number of aliphatic hydroxyl groups is 1. The van der Waals surface area contributed by atoms with Gasteiger partial charge in [-0.15, -0.1) is 0 Å². The van der Waals surface area contributed by atoms with Gasteiger partial charge in [0.1, 0.15) is 0 Å². The molecule has 0 saturated heterocycles. The largest absolute Gasteiger partial charge is 0.417 e. The van der Waals surface area contributed by atoms with Gasteiger partial charge in [0.25, 0.3) is 0 Å². The Bertz CT molecular complexity index is 194. The van der Waals surface area contributed by atoms with Gasteiger partial charge in [0.15, 0.2) is 5.60 Å². The fourth-order valence-corrected chi connectivity index (χ4v) is 2.19. The second-order valence-corrected chi connectivity index (χ2v) is 4.65. The molecule has 0 heterocycles. The van der Waals surface area contributed by atoms with E-state index in [9.17, 15) is 18.3 Å². The Labute approximate surface area is 88.7 Å².